The number of nitrogens with two attached hydrogens (primary N) is 1. The third kappa shape index (κ3) is 3.23. The molecule has 0 aromatic heterocycles. The molecule has 2 amide bonds. The summed E-state index contributed by atoms with van der Waals surface area (Å²) in [6.07, 6.45) is 1.05. The van der Waals surface area contributed by atoms with Crippen LogP contribution < -0.4 is 16.4 Å². The first kappa shape index (κ1) is 12.4. The molecule has 96 valence electrons. The fourth-order valence-electron chi connectivity index (χ4n) is 1.93. The Morgan fingerprint density at radius 1 is 1.39 bits per heavy atom. The molecule has 1 aromatic carbocycles. The van der Waals surface area contributed by atoms with Crippen molar-refractivity contribution in [2.24, 2.45) is 5.92 Å². The summed E-state index contributed by atoms with van der Waals surface area (Å²) in [6, 6.07) is 7.39. The molecule has 1 saturated heterocycles. The van der Waals surface area contributed by atoms with E-state index in [0.717, 1.165) is 5.56 Å². The van der Waals surface area contributed by atoms with Crippen LogP contribution >= 0.6 is 0 Å². The lowest BCUT2D eigenvalue weighted by molar-refractivity contribution is -0.129. The van der Waals surface area contributed by atoms with Crippen molar-refractivity contribution in [1.29, 1.82) is 0 Å². The second kappa shape index (κ2) is 5.53. The maximum atomic E-state index is 11.9. The van der Waals surface area contributed by atoms with E-state index in [-0.39, 0.29) is 17.7 Å². The highest BCUT2D eigenvalue weighted by atomic mass is 16.2. The molecule has 0 saturated carbocycles. The molecule has 1 unspecified atom stereocenters. The normalized spacial score (nSPS) is 19.1. The number of hydrogen-bond acceptors (Lipinski definition) is 3. The lowest BCUT2D eigenvalue weighted by Crippen LogP contribution is -2.42. The van der Waals surface area contributed by atoms with Crippen LogP contribution in [0.5, 0.6) is 0 Å². The van der Waals surface area contributed by atoms with Gasteiger partial charge in [-0.15, -0.1) is 0 Å². The van der Waals surface area contributed by atoms with Crippen molar-refractivity contribution < 1.29 is 9.59 Å². The molecule has 1 heterocycles. The third-order valence-corrected chi connectivity index (χ3v) is 3.08. The van der Waals surface area contributed by atoms with Gasteiger partial charge in [-0.1, -0.05) is 12.1 Å². The Kier molecular flexibility index (Phi) is 3.82. The zero-order chi connectivity index (χ0) is 13.0. The minimum Gasteiger partial charge on any atom is -0.399 e. The molecule has 18 heavy (non-hydrogen) atoms. The molecule has 1 aliphatic heterocycles. The van der Waals surface area contributed by atoms with Gasteiger partial charge in [0.05, 0.1) is 5.92 Å². The monoisotopic (exact) mass is 247 g/mol. The maximum absolute atomic E-state index is 11.9. The average molecular weight is 247 g/mol. The molecule has 1 fully saturated rings. The lowest BCUT2D eigenvalue weighted by atomic mass is 9.98. The van der Waals surface area contributed by atoms with Crippen LogP contribution in [-0.4, -0.2) is 18.4 Å². The van der Waals surface area contributed by atoms with Gasteiger partial charge in [-0.3, -0.25) is 9.59 Å². The minimum atomic E-state index is -0.114. The van der Waals surface area contributed by atoms with E-state index in [9.17, 15) is 9.59 Å². The van der Waals surface area contributed by atoms with Crippen molar-refractivity contribution in [2.45, 2.75) is 19.4 Å². The molecule has 5 heteroatoms. The first-order valence-electron chi connectivity index (χ1n) is 6.04. The van der Waals surface area contributed by atoms with Crippen LogP contribution in [0.1, 0.15) is 18.4 Å². The van der Waals surface area contributed by atoms with Gasteiger partial charge in [0.15, 0.2) is 0 Å². The fourth-order valence-corrected chi connectivity index (χ4v) is 1.93. The van der Waals surface area contributed by atoms with E-state index in [1.165, 1.54) is 0 Å². The van der Waals surface area contributed by atoms with Gasteiger partial charge in [0.25, 0.3) is 0 Å². The minimum absolute atomic E-state index is 0.00757. The van der Waals surface area contributed by atoms with Crippen molar-refractivity contribution in [3.63, 3.8) is 0 Å². The Hall–Kier alpha value is -2.04. The van der Waals surface area contributed by atoms with E-state index in [4.69, 9.17) is 5.73 Å². The Balaban J connectivity index is 1.81. The van der Waals surface area contributed by atoms with E-state index in [2.05, 4.69) is 10.6 Å². The summed E-state index contributed by atoms with van der Waals surface area (Å²) in [5.74, 6) is -0.0964. The van der Waals surface area contributed by atoms with Crippen LogP contribution in [-0.2, 0) is 16.1 Å². The zero-order valence-electron chi connectivity index (χ0n) is 10.1. The molecule has 5 nitrogen and oxygen atoms in total. The molecule has 1 aromatic rings. The number of nitrogen functional groups attached to an aromatic ring is 1. The number of benzene rings is 1. The van der Waals surface area contributed by atoms with Crippen LogP contribution in [0.4, 0.5) is 5.69 Å². The van der Waals surface area contributed by atoms with E-state index < -0.39 is 0 Å². The smallest absolute Gasteiger partial charge is 0.225 e. The molecule has 4 N–H and O–H groups in total. The first-order chi connectivity index (χ1) is 8.65. The fraction of sp³-hybridized carbons (Fsp3) is 0.385. The van der Waals surface area contributed by atoms with Crippen molar-refractivity contribution in [3.05, 3.63) is 29.8 Å². The van der Waals surface area contributed by atoms with E-state index in [1.54, 1.807) is 0 Å². The van der Waals surface area contributed by atoms with Crippen LogP contribution in [0.2, 0.25) is 0 Å². The Morgan fingerprint density at radius 2 is 2.11 bits per heavy atom. The average Bonchev–Trinajstić information content (AvgIpc) is 2.38. The second-order valence-electron chi connectivity index (χ2n) is 4.50. The molecule has 0 bridgehead atoms. The molecule has 1 aliphatic rings. The van der Waals surface area contributed by atoms with Gasteiger partial charge >= 0.3 is 0 Å². The lowest BCUT2D eigenvalue weighted by Gasteiger charge is -2.21. The van der Waals surface area contributed by atoms with Gasteiger partial charge in [0.2, 0.25) is 11.8 Å². The van der Waals surface area contributed by atoms with Gasteiger partial charge in [0.1, 0.15) is 0 Å². The number of amides is 2. The summed E-state index contributed by atoms with van der Waals surface area (Å²) >= 11 is 0. The number of nitrogens with one attached hydrogen (secondary N) is 2. The molecule has 2 rings (SSSR count). The number of hydrogen-bond donors (Lipinski definition) is 3. The van der Waals surface area contributed by atoms with Gasteiger partial charge in [0, 0.05) is 25.2 Å². The van der Waals surface area contributed by atoms with Crippen molar-refractivity contribution >= 4 is 17.5 Å². The highest BCUT2D eigenvalue weighted by molar-refractivity contribution is 5.83. The second-order valence-corrected chi connectivity index (χ2v) is 4.50. The molecular formula is C13H17N3O2. The summed E-state index contributed by atoms with van der Waals surface area (Å²) in [6.45, 7) is 0.927. The summed E-state index contributed by atoms with van der Waals surface area (Å²) in [5.41, 5.74) is 7.30. The van der Waals surface area contributed by atoms with Gasteiger partial charge in [-0.05, 0) is 24.1 Å². The largest absolute Gasteiger partial charge is 0.399 e. The topological polar surface area (TPSA) is 84.2 Å². The Morgan fingerprint density at radius 3 is 2.72 bits per heavy atom. The number of anilines is 1. The SMILES string of the molecule is Nc1ccc(CNC(=O)C2CCC(=O)NC2)cc1. The number of carbonyl (C=O) groups excluding carboxylic acids is 2. The van der Waals surface area contributed by atoms with Crippen molar-refractivity contribution in [1.82, 2.24) is 10.6 Å². The summed E-state index contributed by atoms with van der Waals surface area (Å²) in [7, 11) is 0. The van der Waals surface area contributed by atoms with Gasteiger partial charge in [-0.25, -0.2) is 0 Å². The maximum Gasteiger partial charge on any atom is 0.225 e. The highest BCUT2D eigenvalue weighted by Gasteiger charge is 2.23. The van der Waals surface area contributed by atoms with Crippen molar-refractivity contribution in [3.8, 4) is 0 Å². The van der Waals surface area contributed by atoms with E-state index in [0.29, 0.717) is 31.6 Å². The predicted octanol–water partition coefficient (Wildman–Crippen LogP) is 0.411. The van der Waals surface area contributed by atoms with Crippen LogP contribution in [0.3, 0.4) is 0 Å². The first-order valence-corrected chi connectivity index (χ1v) is 6.04. The molecule has 1 atom stereocenters. The van der Waals surface area contributed by atoms with Crippen LogP contribution in [0.25, 0.3) is 0 Å². The Bertz CT molecular complexity index is 432. The summed E-state index contributed by atoms with van der Waals surface area (Å²) < 4.78 is 0. The molecular weight excluding hydrogens is 230 g/mol. The highest BCUT2D eigenvalue weighted by Crippen LogP contribution is 2.11. The summed E-state index contributed by atoms with van der Waals surface area (Å²) in [5, 5.41) is 5.57. The standard InChI is InChI=1S/C13H17N3O2/c14-11-4-1-9(2-5-11)7-16-13(18)10-3-6-12(17)15-8-10/h1-2,4-5,10H,3,6-8,14H2,(H,15,17)(H,16,18). The Labute approximate surface area is 106 Å². The molecule has 0 spiro atoms. The van der Waals surface area contributed by atoms with Crippen molar-refractivity contribution in [2.75, 3.05) is 12.3 Å². The van der Waals surface area contributed by atoms with Crippen LogP contribution in [0.15, 0.2) is 24.3 Å². The van der Waals surface area contributed by atoms with Gasteiger partial charge in [-0.2, -0.15) is 0 Å². The number of rotatable bonds is 3. The number of carbonyl (C=O) groups is 2. The predicted molar refractivity (Wildman–Crippen MR) is 68.4 cm³/mol. The molecule has 0 aliphatic carbocycles. The summed E-state index contributed by atoms with van der Waals surface area (Å²) in [4.78, 5) is 22.8. The van der Waals surface area contributed by atoms with Gasteiger partial charge < -0.3 is 16.4 Å². The van der Waals surface area contributed by atoms with Crippen LogP contribution in [0, 0.1) is 5.92 Å². The third-order valence-electron chi connectivity index (χ3n) is 3.08. The van der Waals surface area contributed by atoms with E-state index in [1.807, 2.05) is 24.3 Å². The number of piperidine rings is 1. The molecule has 0 radical (unpaired) electrons. The zero-order valence-corrected chi connectivity index (χ0v) is 10.1. The van der Waals surface area contributed by atoms with E-state index >= 15 is 0 Å². The quantitative estimate of drug-likeness (QED) is 0.676.